The third kappa shape index (κ3) is 4.13. The number of nitrogens with one attached hydrogen (secondary N) is 1. The van der Waals surface area contributed by atoms with Crippen molar-refractivity contribution in [3.63, 3.8) is 0 Å². The van der Waals surface area contributed by atoms with Gasteiger partial charge < -0.3 is 10.1 Å². The molecule has 3 rings (SSSR count). The standard InChI is InChI=1S/C20H23N3O2/c1-3-23(12-18(24)15-10-8-14(2)9-11-15)13-19-21-17-7-5-4-6-16(17)20(25)22-19/h4-11,18,24H,3,12-13H2,1-2H3,(H,21,22,25). The fourth-order valence-corrected chi connectivity index (χ4v) is 2.87. The molecule has 0 spiro atoms. The Morgan fingerprint density at radius 1 is 1.16 bits per heavy atom. The number of aromatic amines is 1. The van der Waals surface area contributed by atoms with Crippen molar-refractivity contribution in [2.45, 2.75) is 26.5 Å². The fraction of sp³-hybridized carbons (Fsp3) is 0.300. The van der Waals surface area contributed by atoms with Crippen LogP contribution in [0.5, 0.6) is 0 Å². The normalized spacial score (nSPS) is 12.6. The molecule has 0 bridgehead atoms. The van der Waals surface area contributed by atoms with Gasteiger partial charge in [0.05, 0.1) is 23.6 Å². The molecule has 1 aromatic heterocycles. The molecule has 3 aromatic rings. The van der Waals surface area contributed by atoms with E-state index in [-0.39, 0.29) is 5.56 Å². The predicted molar refractivity (Wildman–Crippen MR) is 99.5 cm³/mol. The predicted octanol–water partition coefficient (Wildman–Crippen LogP) is 2.79. The number of H-pyrrole nitrogens is 1. The molecule has 1 atom stereocenters. The largest absolute Gasteiger partial charge is 0.387 e. The van der Waals surface area contributed by atoms with Gasteiger partial charge in [0.2, 0.25) is 0 Å². The molecule has 0 aliphatic carbocycles. The van der Waals surface area contributed by atoms with E-state index in [4.69, 9.17) is 0 Å². The summed E-state index contributed by atoms with van der Waals surface area (Å²) in [6.45, 7) is 5.77. The van der Waals surface area contributed by atoms with E-state index in [0.29, 0.717) is 29.8 Å². The zero-order valence-corrected chi connectivity index (χ0v) is 14.6. The van der Waals surface area contributed by atoms with Crippen molar-refractivity contribution in [3.05, 3.63) is 75.8 Å². The second-order valence-corrected chi connectivity index (χ2v) is 6.28. The number of likely N-dealkylation sites (N-methyl/N-ethyl adjacent to an activating group) is 1. The lowest BCUT2D eigenvalue weighted by molar-refractivity contribution is 0.111. The molecule has 25 heavy (non-hydrogen) atoms. The van der Waals surface area contributed by atoms with Crippen molar-refractivity contribution < 1.29 is 5.11 Å². The number of hydrogen-bond donors (Lipinski definition) is 2. The van der Waals surface area contributed by atoms with Crippen molar-refractivity contribution in [3.8, 4) is 0 Å². The third-order valence-corrected chi connectivity index (χ3v) is 4.38. The number of aromatic nitrogens is 2. The average Bonchev–Trinajstić information content (AvgIpc) is 2.61. The van der Waals surface area contributed by atoms with Crippen LogP contribution in [0.4, 0.5) is 0 Å². The van der Waals surface area contributed by atoms with Crippen LogP contribution in [0.1, 0.15) is 30.0 Å². The van der Waals surface area contributed by atoms with Gasteiger partial charge in [-0.05, 0) is 31.2 Å². The Hall–Kier alpha value is -2.50. The highest BCUT2D eigenvalue weighted by Crippen LogP contribution is 2.16. The molecule has 0 fully saturated rings. The van der Waals surface area contributed by atoms with Crippen LogP contribution in [0.3, 0.4) is 0 Å². The zero-order chi connectivity index (χ0) is 17.8. The van der Waals surface area contributed by atoms with Gasteiger partial charge >= 0.3 is 0 Å². The Morgan fingerprint density at radius 3 is 2.60 bits per heavy atom. The molecule has 0 aliphatic rings. The second-order valence-electron chi connectivity index (χ2n) is 6.28. The van der Waals surface area contributed by atoms with Crippen molar-refractivity contribution in [2.24, 2.45) is 0 Å². The summed E-state index contributed by atoms with van der Waals surface area (Å²) in [6, 6.07) is 15.2. The van der Waals surface area contributed by atoms with Crippen LogP contribution in [-0.4, -0.2) is 33.1 Å². The first kappa shape index (κ1) is 17.3. The lowest BCUT2D eigenvalue weighted by Crippen LogP contribution is -2.30. The minimum Gasteiger partial charge on any atom is -0.387 e. The van der Waals surface area contributed by atoms with Crippen LogP contribution < -0.4 is 5.56 Å². The minimum absolute atomic E-state index is 0.129. The number of rotatable bonds is 6. The highest BCUT2D eigenvalue weighted by atomic mass is 16.3. The van der Waals surface area contributed by atoms with E-state index in [1.807, 2.05) is 56.3 Å². The SMILES string of the molecule is CCN(Cc1nc2ccccc2c(=O)[nH]1)CC(O)c1ccc(C)cc1. The van der Waals surface area contributed by atoms with Gasteiger partial charge in [0.1, 0.15) is 5.82 Å². The molecule has 1 heterocycles. The van der Waals surface area contributed by atoms with E-state index in [2.05, 4.69) is 14.9 Å². The summed E-state index contributed by atoms with van der Waals surface area (Å²) in [5.74, 6) is 0.613. The lowest BCUT2D eigenvalue weighted by atomic mass is 10.1. The van der Waals surface area contributed by atoms with E-state index in [1.165, 1.54) is 5.56 Å². The maximum atomic E-state index is 12.2. The van der Waals surface area contributed by atoms with Crippen molar-refractivity contribution in [1.29, 1.82) is 0 Å². The number of para-hydroxylation sites is 1. The molecular formula is C20H23N3O2. The van der Waals surface area contributed by atoms with Crippen LogP contribution in [0.2, 0.25) is 0 Å². The van der Waals surface area contributed by atoms with Gasteiger partial charge in [0.15, 0.2) is 0 Å². The molecule has 130 valence electrons. The molecular weight excluding hydrogens is 314 g/mol. The Kier molecular flexibility index (Phi) is 5.26. The molecule has 2 aromatic carbocycles. The molecule has 0 saturated heterocycles. The van der Waals surface area contributed by atoms with Crippen LogP contribution in [0, 0.1) is 6.92 Å². The quantitative estimate of drug-likeness (QED) is 0.726. The van der Waals surface area contributed by atoms with E-state index < -0.39 is 6.10 Å². The molecule has 2 N–H and O–H groups in total. The topological polar surface area (TPSA) is 69.2 Å². The molecule has 5 nitrogen and oxygen atoms in total. The summed E-state index contributed by atoms with van der Waals surface area (Å²) >= 11 is 0. The maximum absolute atomic E-state index is 12.2. The van der Waals surface area contributed by atoms with E-state index in [9.17, 15) is 9.90 Å². The Balaban J connectivity index is 1.75. The van der Waals surface area contributed by atoms with E-state index in [1.54, 1.807) is 6.07 Å². The summed E-state index contributed by atoms with van der Waals surface area (Å²) in [6.07, 6.45) is -0.576. The Labute approximate surface area is 147 Å². The van der Waals surface area contributed by atoms with Crippen molar-refractivity contribution in [1.82, 2.24) is 14.9 Å². The number of benzene rings is 2. The number of fused-ring (bicyclic) bond motifs is 1. The number of nitrogens with zero attached hydrogens (tertiary/aromatic N) is 2. The zero-order valence-electron chi connectivity index (χ0n) is 14.6. The van der Waals surface area contributed by atoms with E-state index in [0.717, 1.165) is 12.1 Å². The van der Waals surface area contributed by atoms with Gasteiger partial charge in [-0.25, -0.2) is 4.98 Å². The number of hydrogen-bond acceptors (Lipinski definition) is 4. The van der Waals surface area contributed by atoms with E-state index >= 15 is 0 Å². The number of aliphatic hydroxyl groups excluding tert-OH is 1. The smallest absolute Gasteiger partial charge is 0.258 e. The maximum Gasteiger partial charge on any atom is 0.258 e. The summed E-state index contributed by atoms with van der Waals surface area (Å²) in [5, 5.41) is 11.1. The summed E-state index contributed by atoms with van der Waals surface area (Å²) in [7, 11) is 0. The average molecular weight is 337 g/mol. The molecule has 5 heteroatoms. The minimum atomic E-state index is -0.576. The summed E-state index contributed by atoms with van der Waals surface area (Å²) in [5.41, 5.74) is 2.62. The van der Waals surface area contributed by atoms with Gasteiger partial charge in [-0.2, -0.15) is 0 Å². The van der Waals surface area contributed by atoms with Gasteiger partial charge in [0.25, 0.3) is 5.56 Å². The Morgan fingerprint density at radius 2 is 1.88 bits per heavy atom. The first-order valence-electron chi connectivity index (χ1n) is 8.51. The monoisotopic (exact) mass is 337 g/mol. The second kappa shape index (κ2) is 7.59. The highest BCUT2D eigenvalue weighted by molar-refractivity contribution is 5.77. The third-order valence-electron chi connectivity index (χ3n) is 4.38. The first-order valence-corrected chi connectivity index (χ1v) is 8.51. The van der Waals surface area contributed by atoms with Crippen LogP contribution in [-0.2, 0) is 6.54 Å². The Bertz CT molecular complexity index is 903. The van der Waals surface area contributed by atoms with Crippen LogP contribution >= 0.6 is 0 Å². The molecule has 1 unspecified atom stereocenters. The molecule has 0 amide bonds. The van der Waals surface area contributed by atoms with Gasteiger partial charge in [-0.15, -0.1) is 0 Å². The lowest BCUT2D eigenvalue weighted by Gasteiger charge is -2.23. The van der Waals surface area contributed by atoms with Crippen molar-refractivity contribution >= 4 is 10.9 Å². The molecule has 0 radical (unpaired) electrons. The first-order chi connectivity index (χ1) is 12.1. The molecule has 0 saturated carbocycles. The summed E-state index contributed by atoms with van der Waals surface area (Å²) < 4.78 is 0. The van der Waals surface area contributed by atoms with Crippen LogP contribution in [0.15, 0.2) is 53.3 Å². The highest BCUT2D eigenvalue weighted by Gasteiger charge is 2.14. The number of aryl methyl sites for hydroxylation is 1. The van der Waals surface area contributed by atoms with Gasteiger partial charge in [-0.3, -0.25) is 9.69 Å². The summed E-state index contributed by atoms with van der Waals surface area (Å²) in [4.78, 5) is 21.6. The molecule has 0 aliphatic heterocycles. The fourth-order valence-electron chi connectivity index (χ4n) is 2.87. The van der Waals surface area contributed by atoms with Crippen molar-refractivity contribution in [2.75, 3.05) is 13.1 Å². The number of aliphatic hydroxyl groups is 1. The van der Waals surface area contributed by atoms with Crippen LogP contribution in [0.25, 0.3) is 10.9 Å². The van der Waals surface area contributed by atoms with Gasteiger partial charge in [0, 0.05) is 6.54 Å². The van der Waals surface area contributed by atoms with Gasteiger partial charge in [-0.1, -0.05) is 48.9 Å².